The van der Waals surface area contributed by atoms with E-state index in [-0.39, 0.29) is 62.8 Å². The Kier molecular flexibility index (Phi) is 41.6. The predicted molar refractivity (Wildman–Crippen MR) is 196 cm³/mol. The van der Waals surface area contributed by atoms with Gasteiger partial charge in [0.25, 0.3) is 0 Å². The molecule has 0 aliphatic rings. The standard InChI is InChI=1S/2C18H36O4S.Ca/c2*1-3-5-7-9-10-12-14-16-18(17-22-23(19,20)21)15-13-11-8-6-4-2;/h2*13,15,18H,3-12,14,16-17H2,1-2H3,(H,19,20,21);/q;;+2/p-2/b2*15-13+;. The molecule has 0 heterocycles. The molecule has 0 saturated carbocycles. The fourth-order valence-electron chi connectivity index (χ4n) is 5.14. The molecule has 0 aromatic rings. The minimum atomic E-state index is -4.59. The van der Waals surface area contributed by atoms with E-state index in [0.717, 1.165) is 64.2 Å². The average Bonchev–Trinajstić information content (AvgIpc) is 3.00. The third-order valence-corrected chi connectivity index (χ3v) is 8.82. The molecule has 8 nitrogen and oxygen atoms in total. The van der Waals surface area contributed by atoms with Crippen LogP contribution in [0.5, 0.6) is 0 Å². The van der Waals surface area contributed by atoms with E-state index < -0.39 is 20.8 Å². The van der Waals surface area contributed by atoms with E-state index in [2.05, 4.69) is 48.2 Å². The summed E-state index contributed by atoms with van der Waals surface area (Å²) >= 11 is 0. The molecule has 276 valence electrons. The number of rotatable bonds is 32. The van der Waals surface area contributed by atoms with Gasteiger partial charge in [0.05, 0.1) is 13.2 Å². The van der Waals surface area contributed by atoms with Crippen molar-refractivity contribution >= 4 is 58.5 Å². The van der Waals surface area contributed by atoms with E-state index in [4.69, 9.17) is 0 Å². The van der Waals surface area contributed by atoms with Gasteiger partial charge in [0.15, 0.2) is 0 Å². The zero-order valence-electron chi connectivity index (χ0n) is 30.6. The maximum atomic E-state index is 10.6. The maximum Gasteiger partial charge on any atom is 2.00 e. The SMILES string of the molecule is CCCCC/C=C/C(CCCCCCCCC)COS(=O)(=O)[O-].CCCCC/C=C/C(CCCCCCCCC)COS(=O)(=O)[O-].[Ca+2]. The number of hydrogen-bond acceptors (Lipinski definition) is 8. The molecule has 0 bridgehead atoms. The zero-order valence-corrected chi connectivity index (χ0v) is 34.5. The molecule has 0 aliphatic heterocycles. The van der Waals surface area contributed by atoms with Crippen LogP contribution in [0.4, 0.5) is 0 Å². The molecule has 0 radical (unpaired) electrons. The van der Waals surface area contributed by atoms with Gasteiger partial charge in [-0.3, -0.25) is 8.37 Å². The Morgan fingerprint density at radius 1 is 0.468 bits per heavy atom. The summed E-state index contributed by atoms with van der Waals surface area (Å²) in [6, 6.07) is 0. The molecule has 11 heteroatoms. The van der Waals surface area contributed by atoms with Crippen molar-refractivity contribution in [3.8, 4) is 0 Å². The second kappa shape index (κ2) is 37.7. The van der Waals surface area contributed by atoms with Gasteiger partial charge in [-0.1, -0.05) is 168 Å². The van der Waals surface area contributed by atoms with Crippen LogP contribution in [-0.4, -0.2) is 76.9 Å². The molecule has 0 amide bonds. The van der Waals surface area contributed by atoms with Gasteiger partial charge in [0.2, 0.25) is 20.8 Å². The van der Waals surface area contributed by atoms with Crippen molar-refractivity contribution < 1.29 is 34.3 Å². The Morgan fingerprint density at radius 2 is 0.745 bits per heavy atom. The van der Waals surface area contributed by atoms with Crippen LogP contribution < -0.4 is 0 Å². The van der Waals surface area contributed by atoms with E-state index in [9.17, 15) is 25.9 Å². The molecule has 0 aromatic heterocycles. The molecule has 0 aliphatic carbocycles. The van der Waals surface area contributed by atoms with E-state index in [1.807, 2.05) is 12.2 Å². The summed E-state index contributed by atoms with van der Waals surface area (Å²) in [4.78, 5) is 0. The molecular weight excluding hydrogens is 665 g/mol. The van der Waals surface area contributed by atoms with Crippen molar-refractivity contribution in [1.29, 1.82) is 0 Å². The third kappa shape index (κ3) is 46.5. The smallest absolute Gasteiger partial charge is 0.726 e. The van der Waals surface area contributed by atoms with Crippen LogP contribution in [0.25, 0.3) is 0 Å². The van der Waals surface area contributed by atoms with Crippen molar-refractivity contribution in [2.24, 2.45) is 11.8 Å². The molecule has 0 spiro atoms. The Bertz CT molecular complexity index is 834. The van der Waals surface area contributed by atoms with Crippen LogP contribution in [0.2, 0.25) is 0 Å². The molecule has 2 atom stereocenters. The Hall–Kier alpha value is 0.480. The predicted octanol–water partition coefficient (Wildman–Crippen LogP) is 10.3. The third-order valence-electron chi connectivity index (χ3n) is 7.98. The van der Waals surface area contributed by atoms with Gasteiger partial charge >= 0.3 is 37.7 Å². The fourth-order valence-corrected chi connectivity index (χ4v) is 5.82. The van der Waals surface area contributed by atoms with E-state index in [0.29, 0.717) is 0 Å². The van der Waals surface area contributed by atoms with Crippen molar-refractivity contribution in [3.63, 3.8) is 0 Å². The van der Waals surface area contributed by atoms with Gasteiger partial charge in [-0.05, 0) is 38.5 Å². The molecular formula is C36H70CaO8S2. The van der Waals surface area contributed by atoms with Crippen molar-refractivity contribution in [2.45, 2.75) is 182 Å². The van der Waals surface area contributed by atoms with E-state index in [1.54, 1.807) is 0 Å². The summed E-state index contributed by atoms with van der Waals surface area (Å²) in [5.74, 6) is 0.0481. The van der Waals surface area contributed by atoms with Gasteiger partial charge < -0.3 is 9.11 Å². The summed E-state index contributed by atoms with van der Waals surface area (Å²) in [5, 5.41) is 0. The summed E-state index contributed by atoms with van der Waals surface area (Å²) in [5.41, 5.74) is 0. The molecule has 0 saturated heterocycles. The monoisotopic (exact) mass is 734 g/mol. The first-order chi connectivity index (χ1) is 22.0. The van der Waals surface area contributed by atoms with Crippen LogP contribution >= 0.6 is 0 Å². The molecule has 2 unspecified atom stereocenters. The average molecular weight is 735 g/mol. The molecule has 0 N–H and O–H groups in total. The van der Waals surface area contributed by atoms with Gasteiger partial charge in [0.1, 0.15) is 0 Å². The van der Waals surface area contributed by atoms with Crippen LogP contribution in [0.3, 0.4) is 0 Å². The van der Waals surface area contributed by atoms with Crippen LogP contribution in [0.15, 0.2) is 24.3 Å². The van der Waals surface area contributed by atoms with Gasteiger partial charge in [-0.15, -0.1) is 0 Å². The summed E-state index contributed by atoms with van der Waals surface area (Å²) < 4.78 is 72.6. The quantitative estimate of drug-likeness (QED) is 0.0219. The zero-order chi connectivity index (χ0) is 34.8. The molecule has 0 rings (SSSR count). The summed E-state index contributed by atoms with van der Waals surface area (Å²) in [6.07, 6.45) is 36.3. The first-order valence-corrected chi connectivity index (χ1v) is 21.2. The summed E-state index contributed by atoms with van der Waals surface area (Å²) in [6.45, 7) is 8.71. The minimum absolute atomic E-state index is 0. The van der Waals surface area contributed by atoms with Crippen LogP contribution in [-0.2, 0) is 29.2 Å². The minimum Gasteiger partial charge on any atom is -0.726 e. The number of unbranched alkanes of at least 4 members (excludes halogenated alkanes) is 18. The Labute approximate surface area is 321 Å². The first kappa shape index (κ1) is 51.8. The fraction of sp³-hybridized carbons (Fsp3) is 0.889. The second-order valence-corrected chi connectivity index (χ2v) is 14.7. The van der Waals surface area contributed by atoms with Gasteiger partial charge in [-0.2, -0.15) is 0 Å². The van der Waals surface area contributed by atoms with E-state index >= 15 is 0 Å². The van der Waals surface area contributed by atoms with Gasteiger partial charge in [0, 0.05) is 11.8 Å². The van der Waals surface area contributed by atoms with Crippen LogP contribution in [0.1, 0.15) is 182 Å². The maximum absolute atomic E-state index is 10.6. The van der Waals surface area contributed by atoms with Crippen molar-refractivity contribution in [2.75, 3.05) is 13.2 Å². The first-order valence-electron chi connectivity index (χ1n) is 18.5. The topological polar surface area (TPSA) is 133 Å². The molecule has 0 fully saturated rings. The normalized spacial score (nSPS) is 13.4. The Morgan fingerprint density at radius 3 is 1.04 bits per heavy atom. The van der Waals surface area contributed by atoms with Gasteiger partial charge in [-0.25, -0.2) is 16.8 Å². The number of allylic oxidation sites excluding steroid dienone is 2. The molecule has 47 heavy (non-hydrogen) atoms. The summed E-state index contributed by atoms with van der Waals surface area (Å²) in [7, 11) is -9.18. The largest absolute Gasteiger partial charge is 2.00 e. The Balaban J connectivity index is -0.000000807. The molecule has 0 aromatic carbocycles. The number of hydrogen-bond donors (Lipinski definition) is 0. The second-order valence-electron chi connectivity index (χ2n) is 12.6. The van der Waals surface area contributed by atoms with Crippen molar-refractivity contribution in [1.82, 2.24) is 0 Å². The van der Waals surface area contributed by atoms with Crippen LogP contribution in [0, 0.1) is 11.8 Å². The van der Waals surface area contributed by atoms with Crippen molar-refractivity contribution in [3.05, 3.63) is 24.3 Å². The van der Waals surface area contributed by atoms with E-state index in [1.165, 1.54) is 89.9 Å².